The molecule has 1 aromatic carbocycles. The molecule has 1 spiro atoms. The van der Waals surface area contributed by atoms with Crippen molar-refractivity contribution in [1.82, 2.24) is 9.97 Å². The van der Waals surface area contributed by atoms with Crippen LogP contribution in [0, 0.1) is 6.92 Å². The quantitative estimate of drug-likeness (QED) is 0.867. The fraction of sp³-hybridized carbons (Fsp3) is 0.368. The lowest BCUT2D eigenvalue weighted by Crippen LogP contribution is -2.58. The monoisotopic (exact) mass is 349 g/mol. The highest BCUT2D eigenvalue weighted by molar-refractivity contribution is 6.05. The van der Waals surface area contributed by atoms with Crippen molar-refractivity contribution in [1.29, 1.82) is 0 Å². The lowest BCUT2D eigenvalue weighted by molar-refractivity contribution is 0.305. The lowest BCUT2D eigenvalue weighted by atomic mass is 9.87. The zero-order chi connectivity index (χ0) is 18.1. The predicted molar refractivity (Wildman–Crippen MR) is 104 cm³/mol. The van der Waals surface area contributed by atoms with Gasteiger partial charge < -0.3 is 11.5 Å². The minimum Gasteiger partial charge on any atom is -0.369 e. The minimum atomic E-state index is -0.436. The van der Waals surface area contributed by atoms with Crippen molar-refractivity contribution in [2.45, 2.75) is 44.7 Å². The van der Waals surface area contributed by atoms with Crippen molar-refractivity contribution >= 4 is 17.6 Å². The average molecular weight is 349 g/mol. The van der Waals surface area contributed by atoms with Crippen LogP contribution in [-0.2, 0) is 0 Å². The summed E-state index contributed by atoms with van der Waals surface area (Å²) in [6.45, 7) is 1.89. The Morgan fingerprint density at radius 2 is 1.88 bits per heavy atom. The number of rotatable bonds is 2. The van der Waals surface area contributed by atoms with Gasteiger partial charge in [-0.3, -0.25) is 4.90 Å². The van der Waals surface area contributed by atoms with E-state index in [4.69, 9.17) is 16.5 Å². The van der Waals surface area contributed by atoms with E-state index < -0.39 is 5.66 Å². The third kappa shape index (κ3) is 2.89. The molecule has 134 valence electrons. The molecule has 2 heterocycles. The summed E-state index contributed by atoms with van der Waals surface area (Å²) in [4.78, 5) is 19.7. The molecule has 7 heteroatoms. The molecule has 0 unspecified atom stereocenters. The second-order valence-corrected chi connectivity index (χ2v) is 6.86. The first-order valence-electron chi connectivity index (χ1n) is 8.97. The van der Waals surface area contributed by atoms with Gasteiger partial charge in [-0.25, -0.2) is 15.0 Å². The first-order valence-corrected chi connectivity index (χ1v) is 8.97. The van der Waals surface area contributed by atoms with Gasteiger partial charge in [0.25, 0.3) is 0 Å². The van der Waals surface area contributed by atoms with Crippen LogP contribution in [0.3, 0.4) is 0 Å². The van der Waals surface area contributed by atoms with Gasteiger partial charge in [-0.2, -0.15) is 4.99 Å². The summed E-state index contributed by atoms with van der Waals surface area (Å²) in [5.41, 5.74) is 14.7. The summed E-state index contributed by atoms with van der Waals surface area (Å²) < 4.78 is 0. The molecule has 2 aromatic rings. The molecule has 1 fully saturated rings. The van der Waals surface area contributed by atoms with Crippen LogP contribution in [0.1, 0.15) is 37.9 Å². The van der Waals surface area contributed by atoms with Crippen molar-refractivity contribution in [2.75, 3.05) is 4.90 Å². The van der Waals surface area contributed by atoms with E-state index >= 15 is 0 Å². The molecule has 7 nitrogen and oxygen atoms in total. The molecule has 0 saturated heterocycles. The normalized spacial score (nSPS) is 19.2. The van der Waals surface area contributed by atoms with Crippen LogP contribution in [0.15, 0.2) is 46.5 Å². The van der Waals surface area contributed by atoms with Crippen LogP contribution in [-0.4, -0.2) is 27.5 Å². The second-order valence-electron chi connectivity index (χ2n) is 6.86. The maximum Gasteiger partial charge on any atom is 0.220 e. The van der Waals surface area contributed by atoms with Crippen LogP contribution in [0.4, 0.5) is 5.69 Å². The van der Waals surface area contributed by atoms with Crippen molar-refractivity contribution in [3.05, 3.63) is 42.4 Å². The van der Waals surface area contributed by atoms with E-state index in [9.17, 15) is 0 Å². The number of nitrogens with zero attached hydrogens (tertiary/aromatic N) is 5. The van der Waals surface area contributed by atoms with E-state index in [0.29, 0.717) is 5.96 Å². The molecule has 1 aromatic heterocycles. The van der Waals surface area contributed by atoms with E-state index in [2.05, 4.69) is 21.0 Å². The van der Waals surface area contributed by atoms with Crippen LogP contribution in [0.2, 0.25) is 0 Å². The van der Waals surface area contributed by atoms with E-state index in [0.717, 1.165) is 48.5 Å². The maximum absolute atomic E-state index is 6.31. The molecule has 0 amide bonds. The molecular weight excluding hydrogens is 326 g/mol. The smallest absolute Gasteiger partial charge is 0.220 e. The number of aryl methyl sites for hydroxylation is 1. The predicted octanol–water partition coefficient (Wildman–Crippen LogP) is 2.56. The number of hydrogen-bond acceptors (Lipinski definition) is 7. The molecule has 1 aliphatic carbocycles. The lowest BCUT2D eigenvalue weighted by Gasteiger charge is -2.45. The Morgan fingerprint density at radius 3 is 2.65 bits per heavy atom. The molecule has 1 saturated carbocycles. The zero-order valence-corrected chi connectivity index (χ0v) is 14.9. The van der Waals surface area contributed by atoms with Crippen molar-refractivity contribution < 1.29 is 0 Å². The summed E-state index contributed by atoms with van der Waals surface area (Å²) >= 11 is 0. The van der Waals surface area contributed by atoms with Crippen molar-refractivity contribution in [3.63, 3.8) is 0 Å². The fourth-order valence-electron chi connectivity index (χ4n) is 3.92. The number of anilines is 1. The van der Waals surface area contributed by atoms with Crippen LogP contribution < -0.4 is 16.4 Å². The molecule has 0 atom stereocenters. The highest BCUT2D eigenvalue weighted by Gasteiger charge is 2.42. The highest BCUT2D eigenvalue weighted by atomic mass is 15.4. The average Bonchev–Trinajstić information content (AvgIpc) is 2.62. The van der Waals surface area contributed by atoms with Gasteiger partial charge in [0.2, 0.25) is 11.9 Å². The number of aromatic nitrogens is 2. The van der Waals surface area contributed by atoms with E-state index in [1.807, 2.05) is 36.1 Å². The Morgan fingerprint density at radius 1 is 1.08 bits per heavy atom. The van der Waals surface area contributed by atoms with E-state index in [-0.39, 0.29) is 5.96 Å². The van der Waals surface area contributed by atoms with Crippen LogP contribution in [0.5, 0.6) is 0 Å². The van der Waals surface area contributed by atoms with Gasteiger partial charge in [-0.05, 0) is 50.8 Å². The minimum absolute atomic E-state index is 0.267. The maximum atomic E-state index is 6.31. The summed E-state index contributed by atoms with van der Waals surface area (Å²) in [5.74, 6) is 1.41. The molecule has 4 N–H and O–H groups in total. The van der Waals surface area contributed by atoms with Crippen LogP contribution in [0.25, 0.3) is 11.3 Å². The van der Waals surface area contributed by atoms with E-state index in [1.54, 1.807) is 6.20 Å². The fourth-order valence-corrected chi connectivity index (χ4v) is 3.92. The first-order chi connectivity index (χ1) is 12.6. The summed E-state index contributed by atoms with van der Waals surface area (Å²) in [6, 6.07) is 10.1. The number of nitrogens with two attached hydrogens (primary N) is 2. The van der Waals surface area contributed by atoms with Gasteiger partial charge in [-0.15, -0.1) is 0 Å². The first kappa shape index (κ1) is 16.5. The Hall–Kier alpha value is -2.96. The van der Waals surface area contributed by atoms with Crippen molar-refractivity contribution in [2.24, 2.45) is 21.5 Å². The third-order valence-corrected chi connectivity index (χ3v) is 5.03. The van der Waals surface area contributed by atoms with Gasteiger partial charge >= 0.3 is 0 Å². The van der Waals surface area contributed by atoms with E-state index in [1.165, 1.54) is 6.42 Å². The molecule has 4 rings (SSSR count). The molecule has 0 bridgehead atoms. The third-order valence-electron chi connectivity index (χ3n) is 5.03. The summed E-state index contributed by atoms with van der Waals surface area (Å²) in [6.07, 6.45) is 7.02. The molecular formula is C19H23N7. The number of guanidine groups is 2. The van der Waals surface area contributed by atoms with Gasteiger partial charge in [0.15, 0.2) is 0 Å². The zero-order valence-electron chi connectivity index (χ0n) is 14.9. The molecule has 1 aliphatic heterocycles. The Kier molecular flexibility index (Phi) is 4.06. The summed E-state index contributed by atoms with van der Waals surface area (Å²) in [7, 11) is 0. The largest absolute Gasteiger partial charge is 0.369 e. The Bertz CT molecular complexity index is 881. The van der Waals surface area contributed by atoms with Gasteiger partial charge in [0.05, 0.1) is 5.69 Å². The van der Waals surface area contributed by atoms with Gasteiger partial charge in [0.1, 0.15) is 11.5 Å². The van der Waals surface area contributed by atoms with Gasteiger partial charge in [0, 0.05) is 17.4 Å². The topological polar surface area (TPSA) is 106 Å². The number of hydrogen-bond donors (Lipinski definition) is 2. The Balaban J connectivity index is 1.78. The Labute approximate surface area is 152 Å². The molecule has 26 heavy (non-hydrogen) atoms. The highest BCUT2D eigenvalue weighted by Crippen LogP contribution is 2.40. The molecule has 2 aliphatic rings. The van der Waals surface area contributed by atoms with Gasteiger partial charge in [-0.1, -0.05) is 18.6 Å². The van der Waals surface area contributed by atoms with Crippen LogP contribution >= 0.6 is 0 Å². The molecule has 0 radical (unpaired) electrons. The number of aliphatic imine (C=N–C) groups is 2. The number of benzene rings is 1. The summed E-state index contributed by atoms with van der Waals surface area (Å²) in [5, 5.41) is 0. The van der Waals surface area contributed by atoms with Crippen molar-refractivity contribution in [3.8, 4) is 11.3 Å². The standard InChI is InChI=1S/C19H23N7/c1-13-22-11-8-16(23-13)14-6-5-7-15(12-14)26-18(21)24-17(20)25-19(26)9-3-2-4-10-19/h5-8,11-12H,2-4,9-10H2,1H3,(H4,20,21,24,25). The SMILES string of the molecule is Cc1nccc(-c2cccc(N3C(N)=NC(N)=NC34CCCCC4)c2)n1. The second kappa shape index (κ2) is 6.40.